The fourth-order valence-corrected chi connectivity index (χ4v) is 2.41. The molecule has 1 saturated heterocycles. The topological polar surface area (TPSA) is 38.8 Å². The Balaban J connectivity index is 1.99. The summed E-state index contributed by atoms with van der Waals surface area (Å²) in [6, 6.07) is 7.93. The number of ether oxygens (including phenoxy) is 2. The zero-order valence-corrected chi connectivity index (χ0v) is 13.2. The summed E-state index contributed by atoms with van der Waals surface area (Å²) in [5, 5.41) is 0. The predicted octanol–water partition coefficient (Wildman–Crippen LogP) is 2.72. The maximum Gasteiger partial charge on any atom is 0.228 e. The molecule has 1 aliphatic heterocycles. The van der Waals surface area contributed by atoms with E-state index >= 15 is 0 Å². The van der Waals surface area contributed by atoms with E-state index < -0.39 is 0 Å². The highest BCUT2D eigenvalue weighted by molar-refractivity contribution is 5.79. The van der Waals surface area contributed by atoms with E-state index in [-0.39, 0.29) is 11.8 Å². The van der Waals surface area contributed by atoms with Gasteiger partial charge in [0.05, 0.1) is 19.1 Å². The van der Waals surface area contributed by atoms with Gasteiger partial charge in [0.15, 0.2) is 0 Å². The standard InChI is InChI=1S/C17H25NO3/c1-13(2)11-21-16-7-5-4-6-14(16)10-18(3)17(19)15-8-9-20-12-15/h4-7,13,15H,8-12H2,1-3H3. The zero-order chi connectivity index (χ0) is 15.2. The highest BCUT2D eigenvalue weighted by Crippen LogP contribution is 2.22. The molecule has 1 unspecified atom stereocenters. The number of benzene rings is 1. The Morgan fingerprint density at radius 2 is 2.19 bits per heavy atom. The number of carbonyl (C=O) groups excluding carboxylic acids is 1. The molecule has 0 aromatic heterocycles. The van der Waals surface area contributed by atoms with Gasteiger partial charge in [0.25, 0.3) is 0 Å². The molecule has 0 saturated carbocycles. The maximum atomic E-state index is 12.3. The summed E-state index contributed by atoms with van der Waals surface area (Å²) in [6.45, 7) is 6.75. The van der Waals surface area contributed by atoms with Crippen molar-refractivity contribution in [3.8, 4) is 5.75 Å². The molecule has 0 spiro atoms. The minimum atomic E-state index is 0.0127. The smallest absolute Gasteiger partial charge is 0.228 e. The van der Waals surface area contributed by atoms with Gasteiger partial charge in [-0.3, -0.25) is 4.79 Å². The highest BCUT2D eigenvalue weighted by atomic mass is 16.5. The van der Waals surface area contributed by atoms with E-state index in [9.17, 15) is 4.79 Å². The van der Waals surface area contributed by atoms with E-state index in [2.05, 4.69) is 13.8 Å². The molecule has 1 fully saturated rings. The first-order valence-electron chi connectivity index (χ1n) is 7.61. The third-order valence-electron chi connectivity index (χ3n) is 3.61. The number of rotatable bonds is 6. The molecule has 1 atom stereocenters. The van der Waals surface area contributed by atoms with Crippen LogP contribution in [0.3, 0.4) is 0 Å². The van der Waals surface area contributed by atoms with Crippen molar-refractivity contribution in [2.45, 2.75) is 26.8 Å². The van der Waals surface area contributed by atoms with Gasteiger partial charge in [-0.2, -0.15) is 0 Å². The summed E-state index contributed by atoms with van der Waals surface area (Å²) in [4.78, 5) is 14.1. The summed E-state index contributed by atoms with van der Waals surface area (Å²) < 4.78 is 11.1. The summed E-state index contributed by atoms with van der Waals surface area (Å²) in [7, 11) is 1.85. The van der Waals surface area contributed by atoms with Crippen LogP contribution in [0.4, 0.5) is 0 Å². The van der Waals surface area contributed by atoms with Crippen LogP contribution >= 0.6 is 0 Å². The van der Waals surface area contributed by atoms with Crippen LogP contribution in [-0.4, -0.2) is 37.7 Å². The van der Waals surface area contributed by atoms with Crippen LogP contribution in [0.2, 0.25) is 0 Å². The van der Waals surface area contributed by atoms with Gasteiger partial charge in [0, 0.05) is 25.8 Å². The molecule has 1 amide bonds. The minimum Gasteiger partial charge on any atom is -0.493 e. The normalized spacial score (nSPS) is 18.0. The lowest BCUT2D eigenvalue weighted by molar-refractivity contribution is -0.134. The van der Waals surface area contributed by atoms with Gasteiger partial charge < -0.3 is 14.4 Å². The predicted molar refractivity (Wildman–Crippen MR) is 82.2 cm³/mol. The number of carbonyl (C=O) groups is 1. The molecule has 4 heteroatoms. The molecule has 116 valence electrons. The molecule has 1 aliphatic rings. The van der Waals surface area contributed by atoms with E-state index in [0.717, 1.165) is 17.7 Å². The number of hydrogen-bond acceptors (Lipinski definition) is 3. The second kappa shape index (κ2) is 7.46. The van der Waals surface area contributed by atoms with Crippen LogP contribution in [0.25, 0.3) is 0 Å². The fraction of sp³-hybridized carbons (Fsp3) is 0.588. The van der Waals surface area contributed by atoms with Crippen LogP contribution in [0.1, 0.15) is 25.8 Å². The Morgan fingerprint density at radius 1 is 1.43 bits per heavy atom. The largest absolute Gasteiger partial charge is 0.493 e. The summed E-state index contributed by atoms with van der Waals surface area (Å²) in [5.41, 5.74) is 1.05. The van der Waals surface area contributed by atoms with E-state index in [4.69, 9.17) is 9.47 Å². The molecule has 0 N–H and O–H groups in total. The Bertz CT molecular complexity index is 467. The Morgan fingerprint density at radius 3 is 2.86 bits per heavy atom. The first-order chi connectivity index (χ1) is 10.1. The molecular weight excluding hydrogens is 266 g/mol. The quantitative estimate of drug-likeness (QED) is 0.809. The monoisotopic (exact) mass is 291 g/mol. The van der Waals surface area contributed by atoms with Gasteiger partial charge in [-0.05, 0) is 18.4 Å². The highest BCUT2D eigenvalue weighted by Gasteiger charge is 2.26. The molecule has 1 heterocycles. The summed E-state index contributed by atoms with van der Waals surface area (Å²) in [6.07, 6.45) is 0.828. The summed E-state index contributed by atoms with van der Waals surface area (Å²) in [5.74, 6) is 1.52. The Labute approximate surface area is 127 Å². The van der Waals surface area contributed by atoms with Crippen molar-refractivity contribution in [3.05, 3.63) is 29.8 Å². The van der Waals surface area contributed by atoms with E-state index in [1.54, 1.807) is 4.90 Å². The van der Waals surface area contributed by atoms with E-state index in [1.165, 1.54) is 0 Å². The van der Waals surface area contributed by atoms with Gasteiger partial charge in [-0.25, -0.2) is 0 Å². The number of hydrogen-bond donors (Lipinski definition) is 0. The molecule has 0 radical (unpaired) electrons. The third-order valence-corrected chi connectivity index (χ3v) is 3.61. The van der Waals surface area contributed by atoms with Crippen molar-refractivity contribution in [1.29, 1.82) is 0 Å². The van der Waals surface area contributed by atoms with Crippen molar-refractivity contribution in [2.75, 3.05) is 26.9 Å². The van der Waals surface area contributed by atoms with Gasteiger partial charge in [0.1, 0.15) is 5.75 Å². The molecule has 1 aromatic carbocycles. The molecule has 0 aliphatic carbocycles. The maximum absolute atomic E-state index is 12.3. The molecular formula is C17H25NO3. The first kappa shape index (κ1) is 15.8. The zero-order valence-electron chi connectivity index (χ0n) is 13.2. The Hall–Kier alpha value is -1.55. The lowest BCUT2D eigenvalue weighted by Gasteiger charge is -2.22. The van der Waals surface area contributed by atoms with Crippen molar-refractivity contribution in [2.24, 2.45) is 11.8 Å². The van der Waals surface area contributed by atoms with Crippen molar-refractivity contribution < 1.29 is 14.3 Å². The van der Waals surface area contributed by atoms with Crippen molar-refractivity contribution in [3.63, 3.8) is 0 Å². The second-order valence-corrected chi connectivity index (χ2v) is 6.07. The summed E-state index contributed by atoms with van der Waals surface area (Å²) >= 11 is 0. The van der Waals surface area contributed by atoms with Crippen LogP contribution in [-0.2, 0) is 16.1 Å². The van der Waals surface area contributed by atoms with Crippen molar-refractivity contribution in [1.82, 2.24) is 4.90 Å². The average molecular weight is 291 g/mol. The van der Waals surface area contributed by atoms with E-state index in [0.29, 0.717) is 32.3 Å². The molecule has 0 bridgehead atoms. The molecule has 1 aromatic rings. The van der Waals surface area contributed by atoms with Crippen molar-refractivity contribution >= 4 is 5.91 Å². The third kappa shape index (κ3) is 4.46. The van der Waals surface area contributed by atoms with Crippen LogP contribution in [0.5, 0.6) is 5.75 Å². The van der Waals surface area contributed by atoms with Gasteiger partial charge in [-0.1, -0.05) is 32.0 Å². The first-order valence-corrected chi connectivity index (χ1v) is 7.61. The number of amides is 1. The number of nitrogens with zero attached hydrogens (tertiary/aromatic N) is 1. The lowest BCUT2D eigenvalue weighted by Crippen LogP contribution is -2.32. The second-order valence-electron chi connectivity index (χ2n) is 6.07. The van der Waals surface area contributed by atoms with Gasteiger partial charge >= 0.3 is 0 Å². The minimum absolute atomic E-state index is 0.0127. The fourth-order valence-electron chi connectivity index (χ4n) is 2.41. The van der Waals surface area contributed by atoms with E-state index in [1.807, 2.05) is 31.3 Å². The molecule has 2 rings (SSSR count). The van der Waals surface area contributed by atoms with Gasteiger partial charge in [0.2, 0.25) is 5.91 Å². The average Bonchev–Trinajstić information content (AvgIpc) is 2.99. The van der Waals surface area contributed by atoms with Crippen LogP contribution in [0, 0.1) is 11.8 Å². The lowest BCUT2D eigenvalue weighted by atomic mass is 10.1. The molecule has 21 heavy (non-hydrogen) atoms. The van der Waals surface area contributed by atoms with Crippen LogP contribution in [0.15, 0.2) is 24.3 Å². The molecule has 4 nitrogen and oxygen atoms in total. The van der Waals surface area contributed by atoms with Gasteiger partial charge in [-0.15, -0.1) is 0 Å². The number of para-hydroxylation sites is 1. The van der Waals surface area contributed by atoms with Crippen LogP contribution < -0.4 is 4.74 Å². The SMILES string of the molecule is CC(C)COc1ccccc1CN(C)C(=O)C1CCOC1. The Kier molecular flexibility index (Phi) is 5.62.